The molecule has 0 radical (unpaired) electrons. The lowest BCUT2D eigenvalue weighted by Crippen LogP contribution is -2.44. The molecule has 1 amide bonds. The summed E-state index contributed by atoms with van der Waals surface area (Å²) in [5, 5.41) is 12.0. The van der Waals surface area contributed by atoms with Gasteiger partial charge in [0.2, 0.25) is 0 Å². The van der Waals surface area contributed by atoms with Crippen LogP contribution in [0.1, 0.15) is 68.1 Å². The van der Waals surface area contributed by atoms with Gasteiger partial charge in [-0.2, -0.15) is 0 Å². The van der Waals surface area contributed by atoms with Crippen LogP contribution in [0.15, 0.2) is 29.2 Å². The summed E-state index contributed by atoms with van der Waals surface area (Å²) in [4.78, 5) is 24.4. The van der Waals surface area contributed by atoms with Crippen molar-refractivity contribution in [2.24, 2.45) is 5.41 Å². The molecule has 2 saturated carbocycles. The quantitative estimate of drug-likeness (QED) is 0.773. The molecule has 0 aromatic heterocycles. The van der Waals surface area contributed by atoms with Gasteiger partial charge in [0, 0.05) is 12.1 Å². The summed E-state index contributed by atoms with van der Waals surface area (Å²) in [5.41, 5.74) is -0.545. The van der Waals surface area contributed by atoms with Crippen molar-refractivity contribution in [2.75, 3.05) is 6.54 Å². The van der Waals surface area contributed by atoms with Crippen molar-refractivity contribution in [3.8, 4) is 0 Å². The third kappa shape index (κ3) is 4.18. The first-order valence-corrected chi connectivity index (χ1v) is 11.3. The molecule has 0 atom stereocenters. The van der Waals surface area contributed by atoms with Crippen molar-refractivity contribution in [1.29, 1.82) is 0 Å². The Morgan fingerprint density at radius 2 is 1.59 bits per heavy atom. The minimum atomic E-state index is -3.34. The Bertz CT molecular complexity index is 788. The summed E-state index contributed by atoms with van der Waals surface area (Å²) in [7, 11) is -3.34. The number of benzene rings is 1. The third-order valence-corrected chi connectivity index (χ3v) is 8.32. The van der Waals surface area contributed by atoms with E-state index in [0.29, 0.717) is 31.2 Å². The summed E-state index contributed by atoms with van der Waals surface area (Å²) >= 11 is 0. The van der Waals surface area contributed by atoms with E-state index >= 15 is 0 Å². The number of amides is 1. The molecule has 0 aliphatic heterocycles. The predicted octanol–water partition coefficient (Wildman–Crippen LogP) is 3.17. The van der Waals surface area contributed by atoms with Crippen LogP contribution in [0.5, 0.6) is 0 Å². The van der Waals surface area contributed by atoms with Crippen molar-refractivity contribution in [3.05, 3.63) is 29.8 Å². The number of aliphatic carboxylic acids is 1. The molecule has 2 fully saturated rings. The maximum absolute atomic E-state index is 12.6. The Labute approximate surface area is 160 Å². The Kier molecular flexibility index (Phi) is 5.89. The first-order chi connectivity index (χ1) is 12.8. The first kappa shape index (κ1) is 19.9. The Hall–Kier alpha value is -1.89. The molecule has 2 aliphatic carbocycles. The van der Waals surface area contributed by atoms with Crippen LogP contribution in [0, 0.1) is 5.41 Å². The molecule has 1 aromatic carbocycles. The molecule has 0 unspecified atom stereocenters. The van der Waals surface area contributed by atoms with Gasteiger partial charge in [-0.1, -0.05) is 32.1 Å². The highest BCUT2D eigenvalue weighted by Gasteiger charge is 2.39. The molecule has 7 heteroatoms. The maximum Gasteiger partial charge on any atom is 0.311 e. The molecule has 2 aliphatic rings. The largest absolute Gasteiger partial charge is 0.481 e. The number of hydrogen-bond acceptors (Lipinski definition) is 4. The molecule has 27 heavy (non-hydrogen) atoms. The Balaban J connectivity index is 1.66. The fourth-order valence-corrected chi connectivity index (χ4v) is 6.09. The van der Waals surface area contributed by atoms with Gasteiger partial charge < -0.3 is 10.4 Å². The molecule has 1 aromatic rings. The van der Waals surface area contributed by atoms with Crippen molar-refractivity contribution in [2.45, 2.75) is 67.9 Å². The topological polar surface area (TPSA) is 101 Å². The van der Waals surface area contributed by atoms with Gasteiger partial charge in [-0.05, 0) is 49.9 Å². The van der Waals surface area contributed by atoms with Gasteiger partial charge in [-0.25, -0.2) is 8.42 Å². The summed E-state index contributed by atoms with van der Waals surface area (Å²) < 4.78 is 25.2. The number of hydrogen-bond donors (Lipinski definition) is 2. The first-order valence-electron chi connectivity index (χ1n) is 9.71. The number of rotatable bonds is 6. The van der Waals surface area contributed by atoms with E-state index in [0.717, 1.165) is 32.1 Å². The number of carbonyl (C=O) groups is 2. The standard InChI is InChI=1S/C20H27NO5S/c22-18(21-14-20(19(23)24)12-4-1-5-13-20)15-8-10-17(11-9-15)27(25,26)16-6-2-3-7-16/h8-11,16H,1-7,12-14H2,(H,21,22)(H,23,24). The number of carboxylic acid groups (broad SMARTS) is 1. The molecule has 0 spiro atoms. The van der Waals surface area contributed by atoms with E-state index in [1.54, 1.807) is 0 Å². The van der Waals surface area contributed by atoms with E-state index in [1.165, 1.54) is 24.3 Å². The van der Waals surface area contributed by atoms with Crippen LogP contribution in [-0.2, 0) is 14.6 Å². The fraction of sp³-hybridized carbons (Fsp3) is 0.600. The Morgan fingerprint density at radius 1 is 1.00 bits per heavy atom. The average molecular weight is 394 g/mol. The zero-order valence-electron chi connectivity index (χ0n) is 15.4. The van der Waals surface area contributed by atoms with Crippen LogP contribution >= 0.6 is 0 Å². The van der Waals surface area contributed by atoms with Gasteiger partial charge in [-0.15, -0.1) is 0 Å². The Morgan fingerprint density at radius 3 is 2.15 bits per heavy atom. The fourth-order valence-electron chi connectivity index (χ4n) is 4.23. The molecule has 3 rings (SSSR count). The van der Waals surface area contributed by atoms with Gasteiger partial charge in [0.05, 0.1) is 15.6 Å². The molecule has 2 N–H and O–H groups in total. The number of carboxylic acids is 1. The smallest absolute Gasteiger partial charge is 0.311 e. The minimum absolute atomic E-state index is 0.100. The van der Waals surface area contributed by atoms with Crippen molar-refractivity contribution >= 4 is 21.7 Å². The van der Waals surface area contributed by atoms with Gasteiger partial charge in [-0.3, -0.25) is 9.59 Å². The lowest BCUT2D eigenvalue weighted by Gasteiger charge is -2.33. The van der Waals surface area contributed by atoms with Crippen molar-refractivity contribution < 1.29 is 23.1 Å². The highest BCUT2D eigenvalue weighted by molar-refractivity contribution is 7.92. The normalized spacial score (nSPS) is 20.3. The summed E-state index contributed by atoms with van der Waals surface area (Å²) in [6.45, 7) is 0.100. The second kappa shape index (κ2) is 8.00. The second-order valence-corrected chi connectivity index (χ2v) is 10.0. The number of sulfone groups is 1. The van der Waals surface area contributed by atoms with Crippen LogP contribution in [0.4, 0.5) is 0 Å². The summed E-state index contributed by atoms with van der Waals surface area (Å²) in [6.07, 6.45) is 7.16. The molecular formula is C20H27NO5S. The van der Waals surface area contributed by atoms with Gasteiger partial charge in [0.1, 0.15) is 0 Å². The minimum Gasteiger partial charge on any atom is -0.481 e. The lowest BCUT2D eigenvalue weighted by molar-refractivity contribution is -0.150. The third-order valence-electron chi connectivity index (χ3n) is 6.04. The molecule has 148 valence electrons. The van der Waals surface area contributed by atoms with Crippen molar-refractivity contribution in [3.63, 3.8) is 0 Å². The maximum atomic E-state index is 12.6. The summed E-state index contributed by atoms with van der Waals surface area (Å²) in [6, 6.07) is 5.98. The molecule has 6 nitrogen and oxygen atoms in total. The number of carbonyl (C=O) groups excluding carboxylic acids is 1. The van der Waals surface area contributed by atoms with E-state index in [4.69, 9.17) is 0 Å². The average Bonchev–Trinajstić information content (AvgIpc) is 3.22. The lowest BCUT2D eigenvalue weighted by atomic mass is 9.74. The van der Waals surface area contributed by atoms with Crippen molar-refractivity contribution in [1.82, 2.24) is 5.32 Å². The van der Waals surface area contributed by atoms with E-state index < -0.39 is 21.2 Å². The summed E-state index contributed by atoms with van der Waals surface area (Å²) in [5.74, 6) is -1.23. The van der Waals surface area contributed by atoms with Crippen LogP contribution in [0.2, 0.25) is 0 Å². The molecular weight excluding hydrogens is 366 g/mol. The van der Waals surface area contributed by atoms with Crippen LogP contribution in [-0.4, -0.2) is 37.2 Å². The monoisotopic (exact) mass is 393 g/mol. The van der Waals surface area contributed by atoms with Gasteiger partial charge in [0.15, 0.2) is 9.84 Å². The van der Waals surface area contributed by atoms with Crippen LogP contribution < -0.4 is 5.32 Å². The zero-order chi connectivity index (χ0) is 19.5. The van der Waals surface area contributed by atoms with Crippen LogP contribution in [0.3, 0.4) is 0 Å². The van der Waals surface area contributed by atoms with E-state index in [1.807, 2.05) is 0 Å². The second-order valence-electron chi connectivity index (χ2n) is 7.80. The van der Waals surface area contributed by atoms with E-state index in [-0.39, 0.29) is 22.6 Å². The molecule has 0 saturated heterocycles. The predicted molar refractivity (Wildman–Crippen MR) is 101 cm³/mol. The number of nitrogens with one attached hydrogen (secondary N) is 1. The zero-order valence-corrected chi connectivity index (χ0v) is 16.3. The van der Waals surface area contributed by atoms with Gasteiger partial charge in [0.25, 0.3) is 5.91 Å². The highest BCUT2D eigenvalue weighted by atomic mass is 32.2. The van der Waals surface area contributed by atoms with Crippen LogP contribution in [0.25, 0.3) is 0 Å². The SMILES string of the molecule is O=C(NCC1(C(=O)O)CCCCC1)c1ccc(S(=O)(=O)C2CCCC2)cc1. The molecule has 0 bridgehead atoms. The molecule has 0 heterocycles. The van der Waals surface area contributed by atoms with E-state index in [2.05, 4.69) is 5.32 Å². The van der Waals surface area contributed by atoms with Gasteiger partial charge >= 0.3 is 5.97 Å². The van der Waals surface area contributed by atoms with E-state index in [9.17, 15) is 23.1 Å². The highest BCUT2D eigenvalue weighted by Crippen LogP contribution is 2.36.